The molecule has 3 rings (SSSR count). The lowest BCUT2D eigenvalue weighted by atomic mass is 10.0. The highest BCUT2D eigenvalue weighted by molar-refractivity contribution is 5.82. The number of amides is 1. The fraction of sp³-hybridized carbons (Fsp3) is 0.273. The van der Waals surface area contributed by atoms with Gasteiger partial charge in [-0.05, 0) is 29.7 Å². The molecule has 0 bridgehead atoms. The Morgan fingerprint density at radius 2 is 1.87 bits per heavy atom. The molecule has 0 spiro atoms. The Balaban J connectivity index is 1.59. The molecule has 0 saturated heterocycles. The van der Waals surface area contributed by atoms with Crippen molar-refractivity contribution in [2.75, 3.05) is 13.2 Å². The Hall–Kier alpha value is -3.49. The SMILES string of the molecule is CC(C)c1ccccc1OC(=O)NCCOc1ccc2c(C(F)(F)F)cc(=O)oc2c1. The summed E-state index contributed by atoms with van der Waals surface area (Å²) < 4.78 is 54.8. The molecular formula is C22H20F3NO5. The number of nitrogens with one attached hydrogen (secondary N) is 1. The van der Waals surface area contributed by atoms with Crippen molar-refractivity contribution in [3.05, 3.63) is 70.1 Å². The predicted octanol–water partition coefficient (Wildman–Crippen LogP) is 5.10. The van der Waals surface area contributed by atoms with Crippen LogP contribution in [0.3, 0.4) is 0 Å². The fourth-order valence-corrected chi connectivity index (χ4v) is 2.98. The Bertz CT molecular complexity index is 1140. The van der Waals surface area contributed by atoms with Crippen LogP contribution in [-0.4, -0.2) is 19.2 Å². The molecule has 1 heterocycles. The molecule has 3 aromatic rings. The van der Waals surface area contributed by atoms with E-state index in [4.69, 9.17) is 13.9 Å². The van der Waals surface area contributed by atoms with Gasteiger partial charge in [-0.3, -0.25) is 0 Å². The third-order valence-electron chi connectivity index (χ3n) is 4.41. The second kappa shape index (κ2) is 9.11. The molecule has 0 radical (unpaired) electrons. The Morgan fingerprint density at radius 1 is 1.13 bits per heavy atom. The van der Waals surface area contributed by atoms with Crippen LogP contribution >= 0.6 is 0 Å². The van der Waals surface area contributed by atoms with Crippen molar-refractivity contribution in [3.8, 4) is 11.5 Å². The fourth-order valence-electron chi connectivity index (χ4n) is 2.98. The van der Waals surface area contributed by atoms with E-state index in [2.05, 4.69) is 5.32 Å². The average Bonchev–Trinajstić information content (AvgIpc) is 2.70. The van der Waals surface area contributed by atoms with Gasteiger partial charge in [0.2, 0.25) is 0 Å². The summed E-state index contributed by atoms with van der Waals surface area (Å²) in [5.41, 5.74) is -1.53. The number of rotatable bonds is 6. The highest BCUT2D eigenvalue weighted by atomic mass is 19.4. The number of alkyl halides is 3. The zero-order valence-electron chi connectivity index (χ0n) is 16.8. The summed E-state index contributed by atoms with van der Waals surface area (Å²) in [5.74, 6) is 0.828. The number of benzene rings is 2. The Labute approximate surface area is 175 Å². The van der Waals surface area contributed by atoms with Crippen molar-refractivity contribution < 1.29 is 31.9 Å². The van der Waals surface area contributed by atoms with Crippen LogP contribution in [0.5, 0.6) is 11.5 Å². The predicted molar refractivity (Wildman–Crippen MR) is 108 cm³/mol. The van der Waals surface area contributed by atoms with Crippen LogP contribution in [0.1, 0.15) is 30.9 Å². The highest BCUT2D eigenvalue weighted by Crippen LogP contribution is 2.34. The first kappa shape index (κ1) is 22.2. The molecule has 1 amide bonds. The lowest BCUT2D eigenvalue weighted by molar-refractivity contribution is -0.136. The first-order valence-electron chi connectivity index (χ1n) is 9.47. The van der Waals surface area contributed by atoms with Gasteiger partial charge in [-0.25, -0.2) is 9.59 Å². The molecule has 6 nitrogen and oxygen atoms in total. The monoisotopic (exact) mass is 435 g/mol. The highest BCUT2D eigenvalue weighted by Gasteiger charge is 2.33. The van der Waals surface area contributed by atoms with Crippen LogP contribution in [0.15, 0.2) is 57.7 Å². The summed E-state index contributed by atoms with van der Waals surface area (Å²) in [6, 6.07) is 11.3. The van der Waals surface area contributed by atoms with E-state index in [1.807, 2.05) is 26.0 Å². The van der Waals surface area contributed by atoms with Gasteiger partial charge in [-0.15, -0.1) is 0 Å². The van der Waals surface area contributed by atoms with Crippen molar-refractivity contribution in [2.24, 2.45) is 0 Å². The number of hydrogen-bond donors (Lipinski definition) is 1. The molecule has 0 saturated carbocycles. The molecular weight excluding hydrogens is 415 g/mol. The van der Waals surface area contributed by atoms with Crippen molar-refractivity contribution in [1.29, 1.82) is 0 Å². The van der Waals surface area contributed by atoms with Crippen LogP contribution < -0.4 is 20.4 Å². The number of carbonyl (C=O) groups is 1. The van der Waals surface area contributed by atoms with E-state index in [1.165, 1.54) is 18.2 Å². The number of halogens is 3. The number of para-hydroxylation sites is 1. The molecule has 9 heteroatoms. The molecule has 0 aliphatic rings. The molecule has 0 unspecified atom stereocenters. The minimum atomic E-state index is -4.69. The quantitative estimate of drug-likeness (QED) is 0.430. The van der Waals surface area contributed by atoms with Gasteiger partial charge in [0.1, 0.15) is 23.7 Å². The maximum absolute atomic E-state index is 13.1. The number of fused-ring (bicyclic) bond motifs is 1. The zero-order valence-corrected chi connectivity index (χ0v) is 16.8. The van der Waals surface area contributed by atoms with Gasteiger partial charge in [0.15, 0.2) is 0 Å². The molecule has 0 aliphatic carbocycles. The van der Waals surface area contributed by atoms with Crippen molar-refractivity contribution >= 4 is 17.1 Å². The van der Waals surface area contributed by atoms with Crippen LogP contribution in [-0.2, 0) is 6.18 Å². The third kappa shape index (κ3) is 5.56. The molecule has 1 N–H and O–H groups in total. The lowest BCUT2D eigenvalue weighted by Gasteiger charge is -2.13. The standard InChI is InChI=1S/C22H20F3NO5/c1-13(2)15-5-3-4-6-18(15)31-21(28)26-9-10-29-14-7-8-16-17(22(23,24)25)12-20(27)30-19(16)11-14/h3-8,11-13H,9-10H2,1-2H3,(H,26,28). The molecule has 0 atom stereocenters. The molecule has 0 fully saturated rings. The minimum absolute atomic E-state index is 0.0234. The van der Waals surface area contributed by atoms with Gasteiger partial charge in [0.25, 0.3) is 0 Å². The average molecular weight is 435 g/mol. The molecule has 0 aliphatic heterocycles. The summed E-state index contributed by atoms with van der Waals surface area (Å²) in [6.45, 7) is 4.08. The van der Waals surface area contributed by atoms with Crippen LogP contribution in [0.4, 0.5) is 18.0 Å². The van der Waals surface area contributed by atoms with E-state index in [9.17, 15) is 22.8 Å². The van der Waals surface area contributed by atoms with E-state index >= 15 is 0 Å². The first-order valence-corrected chi connectivity index (χ1v) is 9.47. The third-order valence-corrected chi connectivity index (χ3v) is 4.41. The van der Waals surface area contributed by atoms with Crippen LogP contribution in [0.25, 0.3) is 11.0 Å². The molecule has 1 aromatic heterocycles. The first-order chi connectivity index (χ1) is 14.6. The lowest BCUT2D eigenvalue weighted by Crippen LogP contribution is -2.31. The van der Waals surface area contributed by atoms with Crippen LogP contribution in [0, 0.1) is 0 Å². The minimum Gasteiger partial charge on any atom is -0.492 e. The van der Waals surface area contributed by atoms with Crippen LogP contribution in [0.2, 0.25) is 0 Å². The number of ether oxygens (including phenoxy) is 2. The van der Waals surface area contributed by atoms with E-state index in [-0.39, 0.29) is 35.8 Å². The van der Waals surface area contributed by atoms with Crippen molar-refractivity contribution in [3.63, 3.8) is 0 Å². The summed E-state index contributed by atoms with van der Waals surface area (Å²) in [4.78, 5) is 23.4. The maximum atomic E-state index is 13.1. The summed E-state index contributed by atoms with van der Waals surface area (Å²) >= 11 is 0. The van der Waals surface area contributed by atoms with Gasteiger partial charge in [-0.1, -0.05) is 32.0 Å². The van der Waals surface area contributed by atoms with Gasteiger partial charge in [0.05, 0.1) is 12.1 Å². The van der Waals surface area contributed by atoms with Gasteiger partial charge >= 0.3 is 17.9 Å². The maximum Gasteiger partial charge on any atom is 0.417 e. The van der Waals surface area contributed by atoms with E-state index in [1.54, 1.807) is 12.1 Å². The Kier molecular flexibility index (Phi) is 6.53. The zero-order chi connectivity index (χ0) is 22.6. The molecule has 164 valence electrons. The topological polar surface area (TPSA) is 77.8 Å². The number of carbonyl (C=O) groups excluding carboxylic acids is 1. The summed E-state index contributed by atoms with van der Waals surface area (Å²) in [5, 5.41) is 2.29. The summed E-state index contributed by atoms with van der Waals surface area (Å²) in [6.07, 6.45) is -5.34. The van der Waals surface area contributed by atoms with E-state index < -0.39 is 23.5 Å². The largest absolute Gasteiger partial charge is 0.492 e. The van der Waals surface area contributed by atoms with Crippen molar-refractivity contribution in [2.45, 2.75) is 25.9 Å². The van der Waals surface area contributed by atoms with Gasteiger partial charge in [0, 0.05) is 17.5 Å². The smallest absolute Gasteiger partial charge is 0.417 e. The molecule has 31 heavy (non-hydrogen) atoms. The summed E-state index contributed by atoms with van der Waals surface area (Å²) in [7, 11) is 0. The van der Waals surface area contributed by atoms with Gasteiger partial charge in [-0.2, -0.15) is 13.2 Å². The second-order valence-corrected chi connectivity index (χ2v) is 6.99. The normalized spacial score (nSPS) is 11.5. The van der Waals surface area contributed by atoms with E-state index in [0.29, 0.717) is 11.8 Å². The van der Waals surface area contributed by atoms with Gasteiger partial charge < -0.3 is 19.2 Å². The molecule has 2 aromatic carbocycles. The van der Waals surface area contributed by atoms with Crippen molar-refractivity contribution in [1.82, 2.24) is 5.32 Å². The Morgan fingerprint density at radius 3 is 2.58 bits per heavy atom. The van der Waals surface area contributed by atoms with E-state index in [0.717, 1.165) is 5.56 Å². The second-order valence-electron chi connectivity index (χ2n) is 6.99. The number of hydrogen-bond acceptors (Lipinski definition) is 5.